The lowest BCUT2D eigenvalue weighted by molar-refractivity contribution is -0.138. The first-order valence-electron chi connectivity index (χ1n) is 7.52. The third-order valence-corrected chi connectivity index (χ3v) is 6.06. The number of carboxylic acids is 1. The Labute approximate surface area is 143 Å². The molecule has 6 nitrogen and oxygen atoms in total. The molecule has 0 radical (unpaired) electrons. The van der Waals surface area contributed by atoms with Crippen molar-refractivity contribution in [3.63, 3.8) is 0 Å². The predicted octanol–water partition coefficient (Wildman–Crippen LogP) is 2.32. The summed E-state index contributed by atoms with van der Waals surface area (Å²) in [7, 11) is -3.90. The molecule has 1 saturated heterocycles. The summed E-state index contributed by atoms with van der Waals surface area (Å²) in [6, 6.07) is 2.57. The van der Waals surface area contributed by atoms with Crippen molar-refractivity contribution in [2.75, 3.05) is 6.61 Å². The first-order valence-corrected chi connectivity index (χ1v) is 9.07. The zero-order chi connectivity index (χ0) is 18.8. The van der Waals surface area contributed by atoms with E-state index in [2.05, 4.69) is 4.72 Å². The van der Waals surface area contributed by atoms with Crippen LogP contribution in [0.1, 0.15) is 36.9 Å². The summed E-state index contributed by atoms with van der Waals surface area (Å²) in [6.45, 7) is 1.87. The lowest BCUT2D eigenvalue weighted by atomic mass is 10.0. The highest BCUT2D eigenvalue weighted by molar-refractivity contribution is 7.90. The lowest BCUT2D eigenvalue weighted by Gasteiger charge is -2.22. The standard InChI is InChI=1S/C15H18F3NO5S/c1-9-13(6-7-24-9)25(22,23)19-12(8-14(20)21)10-2-4-11(5-3-10)15(16,17)18/h2-5,9,12-13,19H,6-8H2,1H3,(H,20,21). The van der Waals surface area contributed by atoms with Gasteiger partial charge < -0.3 is 9.84 Å². The molecule has 10 heteroatoms. The number of carboxylic acid groups (broad SMARTS) is 1. The van der Waals surface area contributed by atoms with Crippen molar-refractivity contribution in [2.24, 2.45) is 0 Å². The van der Waals surface area contributed by atoms with Crippen LogP contribution in [0.2, 0.25) is 0 Å². The molecule has 0 aromatic heterocycles. The Kier molecular flexibility index (Phi) is 5.75. The van der Waals surface area contributed by atoms with E-state index < -0.39 is 51.5 Å². The zero-order valence-corrected chi connectivity index (χ0v) is 14.1. The van der Waals surface area contributed by atoms with Gasteiger partial charge in [-0.05, 0) is 31.0 Å². The van der Waals surface area contributed by atoms with E-state index in [0.29, 0.717) is 0 Å². The van der Waals surface area contributed by atoms with Gasteiger partial charge >= 0.3 is 12.1 Å². The minimum absolute atomic E-state index is 0.144. The van der Waals surface area contributed by atoms with Crippen molar-refractivity contribution in [3.8, 4) is 0 Å². The zero-order valence-electron chi connectivity index (χ0n) is 13.3. The Hall–Kier alpha value is -1.65. The number of nitrogens with one attached hydrogen (secondary N) is 1. The Balaban J connectivity index is 2.25. The molecular formula is C15H18F3NO5S. The highest BCUT2D eigenvalue weighted by atomic mass is 32.2. The number of aliphatic carboxylic acids is 1. The average molecular weight is 381 g/mol. The van der Waals surface area contributed by atoms with Gasteiger partial charge in [-0.2, -0.15) is 13.2 Å². The van der Waals surface area contributed by atoms with Crippen LogP contribution in [0.4, 0.5) is 13.2 Å². The quantitative estimate of drug-likeness (QED) is 0.789. The maximum absolute atomic E-state index is 12.6. The summed E-state index contributed by atoms with van der Waals surface area (Å²) in [5.41, 5.74) is -0.753. The molecule has 0 spiro atoms. The van der Waals surface area contributed by atoms with Crippen molar-refractivity contribution in [1.82, 2.24) is 4.72 Å². The van der Waals surface area contributed by atoms with Crippen LogP contribution in [0.25, 0.3) is 0 Å². The van der Waals surface area contributed by atoms with Crippen molar-refractivity contribution >= 4 is 16.0 Å². The van der Waals surface area contributed by atoms with Gasteiger partial charge in [-0.15, -0.1) is 0 Å². The minimum atomic E-state index is -4.53. The van der Waals surface area contributed by atoms with Gasteiger partial charge in [0.25, 0.3) is 0 Å². The molecular weight excluding hydrogens is 363 g/mol. The fourth-order valence-corrected chi connectivity index (χ4v) is 4.49. The van der Waals surface area contributed by atoms with Crippen LogP contribution >= 0.6 is 0 Å². The van der Waals surface area contributed by atoms with Gasteiger partial charge in [0.05, 0.1) is 24.1 Å². The molecule has 1 aliphatic rings. The first kappa shape index (κ1) is 19.7. The molecule has 25 heavy (non-hydrogen) atoms. The normalized spacial score (nSPS) is 22.7. The fraction of sp³-hybridized carbons (Fsp3) is 0.533. The Bertz CT molecular complexity index is 718. The number of alkyl halides is 3. The summed E-state index contributed by atoms with van der Waals surface area (Å²) < 4.78 is 70.3. The molecule has 3 unspecified atom stereocenters. The van der Waals surface area contributed by atoms with Crippen LogP contribution < -0.4 is 4.72 Å². The second-order valence-electron chi connectivity index (χ2n) is 5.84. The third-order valence-electron chi connectivity index (χ3n) is 4.03. The molecule has 3 atom stereocenters. The van der Waals surface area contributed by atoms with E-state index >= 15 is 0 Å². The molecule has 0 aliphatic carbocycles. The largest absolute Gasteiger partial charge is 0.481 e. The minimum Gasteiger partial charge on any atom is -0.481 e. The molecule has 1 aromatic rings. The van der Waals surface area contributed by atoms with Crippen molar-refractivity contribution in [1.29, 1.82) is 0 Å². The molecule has 0 amide bonds. The number of sulfonamides is 1. The number of rotatable bonds is 6. The first-order chi connectivity index (χ1) is 11.5. The smallest absolute Gasteiger partial charge is 0.416 e. The molecule has 1 aromatic carbocycles. The summed E-state index contributed by atoms with van der Waals surface area (Å²) in [5.74, 6) is -1.27. The maximum atomic E-state index is 12.6. The number of carbonyl (C=O) groups is 1. The second kappa shape index (κ2) is 7.30. The van der Waals surface area contributed by atoms with E-state index in [9.17, 15) is 26.4 Å². The van der Waals surface area contributed by atoms with Gasteiger partial charge in [-0.3, -0.25) is 4.79 Å². The van der Waals surface area contributed by atoms with Crippen LogP contribution in [0.15, 0.2) is 24.3 Å². The van der Waals surface area contributed by atoms with Crippen LogP contribution in [0.3, 0.4) is 0 Å². The van der Waals surface area contributed by atoms with E-state index in [4.69, 9.17) is 9.84 Å². The van der Waals surface area contributed by atoms with Gasteiger partial charge in [0.15, 0.2) is 0 Å². The van der Waals surface area contributed by atoms with E-state index in [1.54, 1.807) is 6.92 Å². The Morgan fingerprint density at radius 3 is 2.40 bits per heavy atom. The van der Waals surface area contributed by atoms with Crippen molar-refractivity contribution in [3.05, 3.63) is 35.4 Å². The molecule has 140 valence electrons. The maximum Gasteiger partial charge on any atom is 0.416 e. The number of hydrogen-bond donors (Lipinski definition) is 2. The topological polar surface area (TPSA) is 92.7 Å². The van der Waals surface area contributed by atoms with E-state index in [0.717, 1.165) is 24.3 Å². The summed E-state index contributed by atoms with van der Waals surface area (Å²) in [6.07, 6.45) is -5.40. The number of ether oxygens (including phenoxy) is 1. The SMILES string of the molecule is CC1OCCC1S(=O)(=O)NC(CC(=O)O)c1ccc(C(F)(F)F)cc1. The number of hydrogen-bond acceptors (Lipinski definition) is 4. The van der Waals surface area contributed by atoms with Crippen LogP contribution in [0.5, 0.6) is 0 Å². The molecule has 1 heterocycles. The predicted molar refractivity (Wildman–Crippen MR) is 82.3 cm³/mol. The third kappa shape index (κ3) is 4.93. The molecule has 0 bridgehead atoms. The van der Waals surface area contributed by atoms with E-state index in [1.165, 1.54) is 0 Å². The van der Waals surface area contributed by atoms with Crippen molar-refractivity contribution in [2.45, 2.75) is 43.3 Å². The summed E-state index contributed by atoms with van der Waals surface area (Å²) in [5, 5.41) is 8.17. The highest BCUT2D eigenvalue weighted by Crippen LogP contribution is 2.31. The lowest BCUT2D eigenvalue weighted by Crippen LogP contribution is -2.40. The van der Waals surface area contributed by atoms with Gasteiger partial charge in [0.2, 0.25) is 10.0 Å². The summed E-state index contributed by atoms with van der Waals surface area (Å²) >= 11 is 0. The van der Waals surface area contributed by atoms with Crippen LogP contribution in [-0.4, -0.2) is 37.5 Å². The van der Waals surface area contributed by atoms with Gasteiger partial charge in [0, 0.05) is 6.61 Å². The highest BCUT2D eigenvalue weighted by Gasteiger charge is 2.38. The molecule has 1 fully saturated rings. The van der Waals surface area contributed by atoms with Gasteiger partial charge in [0.1, 0.15) is 5.25 Å². The van der Waals surface area contributed by atoms with E-state index in [-0.39, 0.29) is 18.6 Å². The van der Waals surface area contributed by atoms with Crippen LogP contribution in [-0.2, 0) is 25.7 Å². The Morgan fingerprint density at radius 2 is 1.96 bits per heavy atom. The molecule has 2 rings (SSSR count). The fourth-order valence-electron chi connectivity index (χ4n) is 2.71. The molecule has 2 N–H and O–H groups in total. The van der Waals surface area contributed by atoms with Gasteiger partial charge in [-0.1, -0.05) is 12.1 Å². The number of benzene rings is 1. The average Bonchev–Trinajstić information content (AvgIpc) is 2.92. The van der Waals surface area contributed by atoms with Crippen LogP contribution in [0, 0.1) is 0 Å². The Morgan fingerprint density at radius 1 is 1.36 bits per heavy atom. The monoisotopic (exact) mass is 381 g/mol. The number of halogens is 3. The summed E-state index contributed by atoms with van der Waals surface area (Å²) in [4.78, 5) is 11.0. The molecule has 0 saturated carbocycles. The van der Waals surface area contributed by atoms with Crippen molar-refractivity contribution < 1.29 is 36.2 Å². The van der Waals surface area contributed by atoms with E-state index in [1.807, 2.05) is 0 Å². The molecule has 1 aliphatic heterocycles. The second-order valence-corrected chi connectivity index (χ2v) is 7.77. The van der Waals surface area contributed by atoms with Gasteiger partial charge in [-0.25, -0.2) is 13.1 Å².